The number of carbonyl (C=O) groups excluding carboxylic acids is 2. The summed E-state index contributed by atoms with van der Waals surface area (Å²) in [5.74, 6) is 0.794. The van der Waals surface area contributed by atoms with Gasteiger partial charge in [0.05, 0.1) is 7.11 Å². The van der Waals surface area contributed by atoms with Gasteiger partial charge in [0.25, 0.3) is 11.8 Å². The number of halogens is 1. The van der Waals surface area contributed by atoms with E-state index in [4.69, 9.17) is 21.1 Å². The van der Waals surface area contributed by atoms with Gasteiger partial charge in [0, 0.05) is 34.9 Å². The minimum atomic E-state index is -0.182. The fourth-order valence-corrected chi connectivity index (χ4v) is 3.91. The number of carbonyl (C=O) groups is 2. The van der Waals surface area contributed by atoms with Crippen LogP contribution in [0.1, 0.15) is 30.4 Å². The van der Waals surface area contributed by atoms with Gasteiger partial charge >= 0.3 is 0 Å². The van der Waals surface area contributed by atoms with Gasteiger partial charge in [-0.1, -0.05) is 17.7 Å². The average Bonchev–Trinajstić information content (AvgIpc) is 3.07. The van der Waals surface area contributed by atoms with Gasteiger partial charge in [0.15, 0.2) is 18.1 Å². The summed E-state index contributed by atoms with van der Waals surface area (Å²) in [6.45, 7) is 1.56. The molecule has 0 aliphatic carbocycles. The summed E-state index contributed by atoms with van der Waals surface area (Å²) >= 11 is 6.09. The SMILES string of the molecule is COc1cc(/C=C2\C(=O)Nc3ccc(Cl)cc32)ccc1OCC(=O)N1CCCCC1. The summed E-state index contributed by atoms with van der Waals surface area (Å²) in [4.78, 5) is 26.6. The van der Waals surface area contributed by atoms with Gasteiger partial charge in [0.1, 0.15) is 0 Å². The molecule has 2 amide bonds. The largest absolute Gasteiger partial charge is 0.493 e. The molecule has 2 heterocycles. The predicted octanol–water partition coefficient (Wildman–Crippen LogP) is 4.23. The van der Waals surface area contributed by atoms with Crippen molar-refractivity contribution in [2.45, 2.75) is 19.3 Å². The highest BCUT2D eigenvalue weighted by Crippen LogP contribution is 2.36. The van der Waals surface area contributed by atoms with E-state index in [2.05, 4.69) is 5.32 Å². The molecular weight excluding hydrogens is 404 g/mol. The van der Waals surface area contributed by atoms with Crippen molar-refractivity contribution in [3.05, 3.63) is 52.5 Å². The zero-order valence-corrected chi connectivity index (χ0v) is 17.5. The molecule has 0 unspecified atom stereocenters. The van der Waals surface area contributed by atoms with Gasteiger partial charge in [-0.2, -0.15) is 0 Å². The van der Waals surface area contributed by atoms with Crippen LogP contribution in [0.15, 0.2) is 36.4 Å². The quantitative estimate of drug-likeness (QED) is 0.726. The van der Waals surface area contributed by atoms with Crippen LogP contribution in [0, 0.1) is 0 Å². The van der Waals surface area contributed by atoms with Crippen molar-refractivity contribution in [2.24, 2.45) is 0 Å². The minimum Gasteiger partial charge on any atom is -0.493 e. The van der Waals surface area contributed by atoms with Crippen LogP contribution < -0.4 is 14.8 Å². The Morgan fingerprint density at radius 2 is 1.93 bits per heavy atom. The number of nitrogens with one attached hydrogen (secondary N) is 1. The van der Waals surface area contributed by atoms with Crippen molar-refractivity contribution in [1.82, 2.24) is 4.90 Å². The molecule has 0 bridgehead atoms. The first-order chi connectivity index (χ1) is 14.5. The molecule has 2 aromatic carbocycles. The second-order valence-corrected chi connectivity index (χ2v) is 7.78. The highest BCUT2D eigenvalue weighted by Gasteiger charge is 2.24. The Labute approximate surface area is 180 Å². The van der Waals surface area contributed by atoms with E-state index in [-0.39, 0.29) is 18.4 Å². The maximum Gasteiger partial charge on any atom is 0.260 e. The summed E-state index contributed by atoms with van der Waals surface area (Å²) in [5, 5.41) is 3.40. The second-order valence-electron chi connectivity index (χ2n) is 7.34. The molecule has 0 aromatic heterocycles. The summed E-state index contributed by atoms with van der Waals surface area (Å²) in [7, 11) is 1.54. The number of ether oxygens (including phenoxy) is 2. The number of rotatable bonds is 5. The van der Waals surface area contributed by atoms with Crippen molar-refractivity contribution in [3.63, 3.8) is 0 Å². The Morgan fingerprint density at radius 1 is 1.13 bits per heavy atom. The van der Waals surface area contributed by atoms with Crippen LogP contribution in [0.5, 0.6) is 11.5 Å². The van der Waals surface area contributed by atoms with Crippen molar-refractivity contribution < 1.29 is 19.1 Å². The second kappa shape index (κ2) is 8.79. The average molecular weight is 427 g/mol. The van der Waals surface area contributed by atoms with Gasteiger partial charge in [-0.15, -0.1) is 0 Å². The normalized spacial score (nSPS) is 16.9. The first-order valence-electron chi connectivity index (χ1n) is 9.97. The van der Waals surface area contributed by atoms with Gasteiger partial charge < -0.3 is 19.7 Å². The number of anilines is 1. The van der Waals surface area contributed by atoms with E-state index >= 15 is 0 Å². The molecule has 6 nitrogen and oxygen atoms in total. The van der Waals surface area contributed by atoms with E-state index in [1.165, 1.54) is 6.42 Å². The molecule has 7 heteroatoms. The summed E-state index contributed by atoms with van der Waals surface area (Å²) in [6.07, 6.45) is 5.04. The Morgan fingerprint density at radius 3 is 2.70 bits per heavy atom. The van der Waals surface area contributed by atoms with Crippen molar-refractivity contribution in [2.75, 3.05) is 32.1 Å². The predicted molar refractivity (Wildman–Crippen MR) is 117 cm³/mol. The Kier molecular flexibility index (Phi) is 5.95. The van der Waals surface area contributed by atoms with Crippen LogP contribution in [-0.4, -0.2) is 43.5 Å². The lowest BCUT2D eigenvalue weighted by molar-refractivity contribution is -0.134. The summed E-state index contributed by atoms with van der Waals surface area (Å²) in [5.41, 5.74) is 2.81. The number of hydrogen-bond donors (Lipinski definition) is 1. The van der Waals surface area contributed by atoms with Crippen LogP contribution in [0.25, 0.3) is 11.6 Å². The number of methoxy groups -OCH3 is 1. The standard InChI is InChI=1S/C23H23ClN2O4/c1-29-21-12-15(11-18-17-13-16(24)6-7-19(17)25-23(18)28)5-8-20(21)30-14-22(27)26-9-3-2-4-10-26/h5-8,11-13H,2-4,9-10,14H2,1H3,(H,25,28)/b18-11-. The van der Waals surface area contributed by atoms with Gasteiger partial charge in [-0.3, -0.25) is 9.59 Å². The molecule has 1 saturated heterocycles. The monoisotopic (exact) mass is 426 g/mol. The maximum atomic E-state index is 12.4. The van der Waals surface area contributed by atoms with Crippen LogP contribution in [0.2, 0.25) is 5.02 Å². The van der Waals surface area contributed by atoms with E-state index < -0.39 is 0 Å². The number of benzene rings is 2. The molecule has 0 atom stereocenters. The van der Waals surface area contributed by atoms with Crippen molar-refractivity contribution in [1.29, 1.82) is 0 Å². The zero-order valence-electron chi connectivity index (χ0n) is 16.7. The number of likely N-dealkylation sites (tertiary alicyclic amines) is 1. The summed E-state index contributed by atoms with van der Waals surface area (Å²) in [6, 6.07) is 10.6. The Balaban J connectivity index is 1.51. The number of hydrogen-bond acceptors (Lipinski definition) is 4. The van der Waals surface area contributed by atoms with Crippen LogP contribution >= 0.6 is 11.6 Å². The molecule has 2 aliphatic heterocycles. The smallest absolute Gasteiger partial charge is 0.260 e. The molecule has 4 rings (SSSR count). The van der Waals surface area contributed by atoms with E-state index in [9.17, 15) is 9.59 Å². The molecule has 0 spiro atoms. The van der Waals surface area contributed by atoms with Crippen molar-refractivity contribution in [3.8, 4) is 11.5 Å². The fraction of sp³-hybridized carbons (Fsp3) is 0.304. The van der Waals surface area contributed by atoms with Crippen molar-refractivity contribution >= 4 is 40.8 Å². The Bertz CT molecular complexity index is 1010. The first kappa shape index (κ1) is 20.3. The molecule has 30 heavy (non-hydrogen) atoms. The number of amides is 2. The highest BCUT2D eigenvalue weighted by atomic mass is 35.5. The third-order valence-electron chi connectivity index (χ3n) is 5.32. The molecular formula is C23H23ClN2O4. The van der Waals surface area contributed by atoms with Gasteiger partial charge in [-0.25, -0.2) is 0 Å². The van der Waals surface area contributed by atoms with Crippen LogP contribution in [-0.2, 0) is 9.59 Å². The summed E-state index contributed by atoms with van der Waals surface area (Å²) < 4.78 is 11.2. The topological polar surface area (TPSA) is 67.9 Å². The molecule has 0 radical (unpaired) electrons. The lowest BCUT2D eigenvalue weighted by atomic mass is 10.0. The van der Waals surface area contributed by atoms with Gasteiger partial charge in [-0.05, 0) is 61.2 Å². The molecule has 2 aromatic rings. The van der Waals surface area contributed by atoms with Gasteiger partial charge in [0.2, 0.25) is 0 Å². The van der Waals surface area contributed by atoms with E-state index in [1.54, 1.807) is 43.5 Å². The Hall–Kier alpha value is -2.99. The van der Waals surface area contributed by atoms with E-state index in [0.29, 0.717) is 22.1 Å². The lowest BCUT2D eigenvalue weighted by Crippen LogP contribution is -2.38. The minimum absolute atomic E-state index is 0.0148. The third-order valence-corrected chi connectivity index (χ3v) is 5.56. The number of fused-ring (bicyclic) bond motifs is 1. The fourth-order valence-electron chi connectivity index (χ4n) is 3.74. The van der Waals surface area contributed by atoms with Crippen LogP contribution in [0.4, 0.5) is 5.69 Å². The first-order valence-corrected chi connectivity index (χ1v) is 10.3. The van der Waals surface area contributed by atoms with E-state index in [0.717, 1.165) is 42.7 Å². The zero-order chi connectivity index (χ0) is 21.1. The number of nitrogens with zero attached hydrogens (tertiary/aromatic N) is 1. The number of piperidine rings is 1. The molecule has 156 valence electrons. The maximum absolute atomic E-state index is 12.4. The highest BCUT2D eigenvalue weighted by molar-refractivity contribution is 6.36. The van der Waals surface area contributed by atoms with Crippen LogP contribution in [0.3, 0.4) is 0 Å². The molecule has 1 fully saturated rings. The molecule has 1 N–H and O–H groups in total. The third kappa shape index (κ3) is 4.28. The molecule has 0 saturated carbocycles. The van der Waals surface area contributed by atoms with E-state index in [1.807, 2.05) is 11.0 Å². The lowest BCUT2D eigenvalue weighted by Gasteiger charge is -2.26. The molecule has 2 aliphatic rings.